The van der Waals surface area contributed by atoms with E-state index in [4.69, 9.17) is 31.5 Å². The standard InChI is InChI=1S/C25H32ClF2N7O4/c1-9-35(34(7)33(6)24(36)39-25(3,4)5)21-16-20(31-23(32-21)37-8)18(28)19(30-22(16)38-10-2)13-11-14(26)17(27)15(29)12-13/h11-12H,9-10,29H2,1-8H3. The largest absolute Gasteiger partial charge is 0.477 e. The molecule has 2 heterocycles. The summed E-state index contributed by atoms with van der Waals surface area (Å²) in [6.45, 7) is 9.24. The molecule has 3 aromatic rings. The summed E-state index contributed by atoms with van der Waals surface area (Å²) in [5, 5.41) is 4.08. The Morgan fingerprint density at radius 3 is 2.31 bits per heavy atom. The van der Waals surface area contributed by atoms with E-state index in [1.54, 1.807) is 39.8 Å². The lowest BCUT2D eigenvalue weighted by molar-refractivity contribution is -0.0309. The van der Waals surface area contributed by atoms with Crippen LogP contribution in [0.15, 0.2) is 12.1 Å². The van der Waals surface area contributed by atoms with E-state index in [-0.39, 0.29) is 63.7 Å². The summed E-state index contributed by atoms with van der Waals surface area (Å²) < 4.78 is 46.7. The molecule has 0 atom stereocenters. The monoisotopic (exact) mass is 567 g/mol. The summed E-state index contributed by atoms with van der Waals surface area (Å²) in [4.78, 5) is 25.8. The van der Waals surface area contributed by atoms with E-state index in [9.17, 15) is 9.18 Å². The molecular formula is C25H32ClF2N7O4. The zero-order chi connectivity index (χ0) is 29.2. The second kappa shape index (κ2) is 11.6. The molecule has 1 amide bonds. The van der Waals surface area contributed by atoms with Crippen LogP contribution in [0.1, 0.15) is 34.6 Å². The molecule has 212 valence electrons. The number of nitrogens with two attached hydrogens (primary N) is 1. The summed E-state index contributed by atoms with van der Waals surface area (Å²) in [5.41, 5.74) is 4.44. The van der Waals surface area contributed by atoms with Gasteiger partial charge in [-0.25, -0.2) is 23.6 Å². The van der Waals surface area contributed by atoms with Crippen LogP contribution < -0.4 is 20.2 Å². The molecule has 2 N–H and O–H groups in total. The number of nitrogen functional groups attached to an aromatic ring is 1. The Labute approximate surface area is 230 Å². The van der Waals surface area contributed by atoms with E-state index in [1.807, 2.05) is 6.92 Å². The first-order chi connectivity index (χ1) is 18.2. The fourth-order valence-corrected chi connectivity index (χ4v) is 3.89. The van der Waals surface area contributed by atoms with E-state index in [1.165, 1.54) is 36.4 Å². The van der Waals surface area contributed by atoms with Crippen LogP contribution in [0.3, 0.4) is 0 Å². The van der Waals surface area contributed by atoms with Gasteiger partial charge in [0.25, 0.3) is 0 Å². The minimum absolute atomic E-state index is 0.00709. The smallest absolute Gasteiger partial charge is 0.426 e. The number of methoxy groups -OCH3 is 1. The Hall–Kier alpha value is -3.71. The second-order valence-corrected chi connectivity index (χ2v) is 9.75. The number of nitrogens with zero attached hydrogens (tertiary/aromatic N) is 6. The maximum absolute atomic E-state index is 16.1. The highest BCUT2D eigenvalue weighted by Gasteiger charge is 2.30. The van der Waals surface area contributed by atoms with Crippen molar-refractivity contribution in [3.05, 3.63) is 28.8 Å². The van der Waals surface area contributed by atoms with Gasteiger partial charge in [-0.2, -0.15) is 9.97 Å². The van der Waals surface area contributed by atoms with Crippen LogP contribution in [0.5, 0.6) is 11.9 Å². The number of hydrogen-bond acceptors (Lipinski definition) is 10. The molecule has 0 aliphatic rings. The minimum atomic E-state index is -0.864. The first kappa shape index (κ1) is 29.8. The maximum atomic E-state index is 16.1. The zero-order valence-corrected chi connectivity index (χ0v) is 23.9. The number of carbonyl (C=O) groups is 1. The van der Waals surface area contributed by atoms with Gasteiger partial charge >= 0.3 is 12.1 Å². The van der Waals surface area contributed by atoms with Crippen molar-refractivity contribution in [1.29, 1.82) is 0 Å². The molecule has 0 unspecified atom stereocenters. The number of anilines is 2. The third-order valence-electron chi connectivity index (χ3n) is 5.49. The van der Waals surface area contributed by atoms with Gasteiger partial charge in [-0.1, -0.05) is 11.6 Å². The lowest BCUT2D eigenvalue weighted by atomic mass is 10.1. The van der Waals surface area contributed by atoms with Gasteiger partial charge in [0.15, 0.2) is 17.5 Å². The molecule has 11 nitrogen and oxygen atoms in total. The lowest BCUT2D eigenvalue weighted by Crippen LogP contribution is -2.53. The normalized spacial score (nSPS) is 11.6. The van der Waals surface area contributed by atoms with Crippen LogP contribution in [0.4, 0.5) is 25.1 Å². The molecule has 0 saturated heterocycles. The first-order valence-corrected chi connectivity index (χ1v) is 12.4. The van der Waals surface area contributed by atoms with Gasteiger partial charge in [0, 0.05) is 26.2 Å². The molecule has 2 aromatic heterocycles. The number of fused-ring (bicyclic) bond motifs is 1. The Kier molecular flexibility index (Phi) is 8.86. The maximum Gasteiger partial charge on any atom is 0.426 e. The van der Waals surface area contributed by atoms with Crippen molar-refractivity contribution in [2.45, 2.75) is 40.2 Å². The van der Waals surface area contributed by atoms with Crippen LogP contribution in [0.25, 0.3) is 22.2 Å². The molecule has 0 saturated carbocycles. The highest BCUT2D eigenvalue weighted by molar-refractivity contribution is 6.31. The van der Waals surface area contributed by atoms with E-state index >= 15 is 4.39 Å². The molecule has 0 aliphatic carbocycles. The van der Waals surface area contributed by atoms with E-state index in [2.05, 4.69) is 15.0 Å². The van der Waals surface area contributed by atoms with Crippen molar-refractivity contribution >= 4 is 40.1 Å². The van der Waals surface area contributed by atoms with E-state index in [0.29, 0.717) is 0 Å². The Balaban J connectivity index is 2.29. The van der Waals surface area contributed by atoms with Gasteiger partial charge in [-0.05, 0) is 46.8 Å². The molecule has 0 aliphatic heterocycles. The van der Waals surface area contributed by atoms with Crippen molar-refractivity contribution in [1.82, 2.24) is 25.1 Å². The quantitative estimate of drug-likeness (QED) is 0.292. The Morgan fingerprint density at radius 1 is 1.10 bits per heavy atom. The predicted molar refractivity (Wildman–Crippen MR) is 145 cm³/mol. The summed E-state index contributed by atoms with van der Waals surface area (Å²) in [6.07, 6.45) is -0.629. The van der Waals surface area contributed by atoms with E-state index < -0.39 is 23.3 Å². The van der Waals surface area contributed by atoms with Crippen LogP contribution in [-0.2, 0) is 4.74 Å². The number of aromatic nitrogens is 3. The summed E-state index contributed by atoms with van der Waals surface area (Å²) in [6, 6.07) is 2.27. The zero-order valence-electron chi connectivity index (χ0n) is 23.1. The average Bonchev–Trinajstić information content (AvgIpc) is 2.87. The molecule has 0 spiro atoms. The van der Waals surface area contributed by atoms with Crippen LogP contribution in [-0.4, -0.2) is 71.1 Å². The number of carbonyl (C=O) groups excluding carboxylic acids is 1. The number of benzene rings is 1. The molecule has 1 aromatic carbocycles. The van der Waals surface area contributed by atoms with Crippen LogP contribution in [0.2, 0.25) is 5.02 Å². The van der Waals surface area contributed by atoms with Gasteiger partial charge < -0.3 is 19.9 Å². The van der Waals surface area contributed by atoms with Crippen LogP contribution >= 0.6 is 11.6 Å². The number of amides is 1. The van der Waals surface area contributed by atoms with Crippen molar-refractivity contribution in [2.24, 2.45) is 0 Å². The van der Waals surface area contributed by atoms with Crippen molar-refractivity contribution < 1.29 is 27.8 Å². The van der Waals surface area contributed by atoms with Crippen LogP contribution in [0, 0.1) is 11.6 Å². The Morgan fingerprint density at radius 2 is 1.77 bits per heavy atom. The van der Waals surface area contributed by atoms with Gasteiger partial charge in [0.2, 0.25) is 5.88 Å². The van der Waals surface area contributed by atoms with Gasteiger partial charge in [0.05, 0.1) is 24.4 Å². The van der Waals surface area contributed by atoms with Gasteiger partial charge in [-0.3, -0.25) is 5.01 Å². The van der Waals surface area contributed by atoms with Gasteiger partial charge in [-0.15, -0.1) is 5.12 Å². The van der Waals surface area contributed by atoms with E-state index in [0.717, 1.165) is 0 Å². The molecule has 39 heavy (non-hydrogen) atoms. The van der Waals surface area contributed by atoms with Crippen molar-refractivity contribution in [3.8, 4) is 23.1 Å². The fourth-order valence-electron chi connectivity index (χ4n) is 3.66. The number of pyridine rings is 1. The molecule has 0 bridgehead atoms. The molecule has 3 rings (SSSR count). The number of rotatable bonds is 8. The highest BCUT2D eigenvalue weighted by atomic mass is 35.5. The molecule has 14 heteroatoms. The topological polar surface area (TPSA) is 119 Å². The number of ether oxygens (including phenoxy) is 3. The molecular weight excluding hydrogens is 536 g/mol. The van der Waals surface area contributed by atoms with Gasteiger partial charge in [0.1, 0.15) is 22.2 Å². The average molecular weight is 568 g/mol. The summed E-state index contributed by atoms with van der Waals surface area (Å²) in [5.74, 6) is -1.55. The third-order valence-corrected chi connectivity index (χ3v) is 5.77. The highest BCUT2D eigenvalue weighted by Crippen LogP contribution is 2.39. The minimum Gasteiger partial charge on any atom is -0.477 e. The number of hydrogen-bond donors (Lipinski definition) is 1. The SMILES string of the molecule is CCOc1nc(-c2cc(N)c(F)c(Cl)c2)c(F)c2nc(OC)nc(N(CC)N(C)N(C)C(=O)OC(C)(C)C)c12. The fraction of sp³-hybridized carbons (Fsp3) is 0.440. The number of hydrazine groups is 2. The Bertz CT molecular complexity index is 1360. The molecule has 0 radical (unpaired) electrons. The lowest BCUT2D eigenvalue weighted by Gasteiger charge is -2.38. The van der Waals surface area contributed by atoms with Crippen molar-refractivity contribution in [2.75, 3.05) is 45.1 Å². The van der Waals surface area contributed by atoms with Crippen molar-refractivity contribution in [3.63, 3.8) is 0 Å². The summed E-state index contributed by atoms with van der Waals surface area (Å²) >= 11 is 5.97. The number of halogens is 3. The third kappa shape index (κ3) is 6.14. The molecule has 0 fully saturated rings. The second-order valence-electron chi connectivity index (χ2n) is 9.34. The first-order valence-electron chi connectivity index (χ1n) is 12.0. The summed E-state index contributed by atoms with van der Waals surface area (Å²) in [7, 11) is 4.46. The predicted octanol–water partition coefficient (Wildman–Crippen LogP) is 5.07.